The van der Waals surface area contributed by atoms with Crippen molar-refractivity contribution in [3.63, 3.8) is 0 Å². The van der Waals surface area contributed by atoms with Gasteiger partial charge in [-0.05, 0) is 68.4 Å². The molecular formula is C29H19NS2. The highest BCUT2D eigenvalue weighted by Gasteiger charge is 2.43. The highest BCUT2D eigenvalue weighted by Crippen LogP contribution is 2.58. The van der Waals surface area contributed by atoms with Crippen LogP contribution in [0, 0.1) is 0 Å². The smallest absolute Gasteiger partial charge is 0.102 e. The van der Waals surface area contributed by atoms with Crippen LogP contribution in [0.1, 0.15) is 42.0 Å². The Kier molecular flexibility index (Phi) is 2.63. The zero-order chi connectivity index (χ0) is 20.9. The van der Waals surface area contributed by atoms with E-state index in [4.69, 9.17) is 0 Å². The van der Waals surface area contributed by atoms with Gasteiger partial charge in [0, 0.05) is 31.5 Å². The van der Waals surface area contributed by atoms with E-state index in [1.807, 2.05) is 22.7 Å². The second kappa shape index (κ2) is 5.03. The number of rotatable bonds is 1. The summed E-state index contributed by atoms with van der Waals surface area (Å²) in [4.78, 5) is 0. The Labute approximate surface area is 192 Å². The molecule has 0 amide bonds. The van der Waals surface area contributed by atoms with Gasteiger partial charge in [0.25, 0.3) is 0 Å². The molecule has 3 heteroatoms. The van der Waals surface area contributed by atoms with Crippen LogP contribution in [0.2, 0.25) is 0 Å². The van der Waals surface area contributed by atoms with Crippen LogP contribution in [-0.4, -0.2) is 4.57 Å². The van der Waals surface area contributed by atoms with Crippen molar-refractivity contribution < 1.29 is 0 Å². The maximum Gasteiger partial charge on any atom is 0.102 e. The van der Waals surface area contributed by atoms with E-state index >= 15 is 0 Å². The summed E-state index contributed by atoms with van der Waals surface area (Å²) in [6, 6.07) is 14.2. The van der Waals surface area contributed by atoms with Crippen LogP contribution in [0.3, 0.4) is 0 Å². The van der Waals surface area contributed by atoms with Crippen LogP contribution in [0.5, 0.6) is 0 Å². The molecule has 3 aromatic carbocycles. The summed E-state index contributed by atoms with van der Waals surface area (Å²) < 4.78 is 5.35. The molecule has 152 valence electrons. The summed E-state index contributed by atoms with van der Waals surface area (Å²) in [6.45, 7) is 4.88. The number of fused-ring (bicyclic) bond motifs is 1. The van der Waals surface area contributed by atoms with Gasteiger partial charge in [0.05, 0.1) is 10.9 Å². The Morgan fingerprint density at radius 3 is 2.78 bits per heavy atom. The van der Waals surface area contributed by atoms with E-state index in [2.05, 4.69) is 78.4 Å². The van der Waals surface area contributed by atoms with E-state index in [1.165, 1.54) is 63.5 Å². The number of benzene rings is 3. The molecule has 3 aliphatic rings. The third-order valence-electron chi connectivity index (χ3n) is 8.40. The molecule has 3 aliphatic carbocycles. The summed E-state index contributed by atoms with van der Waals surface area (Å²) in [5, 5.41) is 12.5. The van der Waals surface area contributed by atoms with Crippen molar-refractivity contribution in [3.8, 4) is 5.00 Å². The van der Waals surface area contributed by atoms with Crippen LogP contribution < -0.4 is 5.35 Å². The molecule has 0 N–H and O–H groups in total. The maximum atomic E-state index is 2.56. The normalized spacial score (nSPS) is 19.5. The van der Waals surface area contributed by atoms with Crippen LogP contribution >= 0.6 is 22.7 Å². The molecule has 1 atom stereocenters. The topological polar surface area (TPSA) is 4.93 Å². The number of hydrogen-bond acceptors (Lipinski definition) is 2. The van der Waals surface area contributed by atoms with Gasteiger partial charge in [0.1, 0.15) is 5.00 Å². The molecule has 3 aromatic heterocycles. The number of nitrogens with zero attached hydrogens (tertiary/aromatic N) is 1. The molecule has 1 unspecified atom stereocenters. The molecule has 0 aliphatic heterocycles. The van der Waals surface area contributed by atoms with Gasteiger partial charge in [-0.25, -0.2) is 0 Å². The molecule has 0 saturated heterocycles. The first-order valence-corrected chi connectivity index (χ1v) is 13.1. The molecule has 32 heavy (non-hydrogen) atoms. The fourth-order valence-electron chi connectivity index (χ4n) is 7.02. The zero-order valence-electron chi connectivity index (χ0n) is 17.8. The highest BCUT2D eigenvalue weighted by atomic mass is 32.1. The second-order valence-corrected chi connectivity index (χ2v) is 12.2. The molecule has 0 radical (unpaired) electrons. The molecule has 3 heterocycles. The lowest BCUT2D eigenvalue weighted by Gasteiger charge is -2.29. The third-order valence-corrected chi connectivity index (χ3v) is 10.5. The first-order chi connectivity index (χ1) is 15.6. The van der Waals surface area contributed by atoms with Gasteiger partial charge in [-0.2, -0.15) is 0 Å². The molecule has 6 aromatic rings. The van der Waals surface area contributed by atoms with Gasteiger partial charge in [-0.1, -0.05) is 50.3 Å². The van der Waals surface area contributed by atoms with E-state index < -0.39 is 0 Å². The lowest BCUT2D eigenvalue weighted by molar-refractivity contribution is 0.494. The van der Waals surface area contributed by atoms with Crippen molar-refractivity contribution >= 4 is 76.7 Å². The first kappa shape index (κ1) is 16.7. The minimum Gasteiger partial charge on any atom is -0.301 e. The van der Waals surface area contributed by atoms with Crippen LogP contribution in [0.25, 0.3) is 59.0 Å². The predicted molar refractivity (Wildman–Crippen MR) is 140 cm³/mol. The summed E-state index contributed by atoms with van der Waals surface area (Å²) in [6.07, 6.45) is 8.36. The Morgan fingerprint density at radius 2 is 1.88 bits per heavy atom. The van der Waals surface area contributed by atoms with Crippen LogP contribution in [-0.2, 0) is 11.8 Å². The van der Waals surface area contributed by atoms with Crippen LogP contribution in [0.4, 0.5) is 0 Å². The minimum absolute atomic E-state index is 0.134. The quantitative estimate of drug-likeness (QED) is 0.229. The second-order valence-electron chi connectivity index (χ2n) is 10.2. The van der Waals surface area contributed by atoms with Gasteiger partial charge < -0.3 is 4.57 Å². The van der Waals surface area contributed by atoms with E-state index in [9.17, 15) is 0 Å². The number of allylic oxidation sites excluding steroid dienone is 1. The molecule has 0 saturated carbocycles. The average Bonchev–Trinajstić information content (AvgIpc) is 3.52. The van der Waals surface area contributed by atoms with Gasteiger partial charge in [-0.3, -0.25) is 0 Å². The van der Waals surface area contributed by atoms with E-state index in [1.54, 1.807) is 10.9 Å². The largest absolute Gasteiger partial charge is 0.301 e. The fraction of sp³-hybridized carbons (Fsp3) is 0.172. The summed E-state index contributed by atoms with van der Waals surface area (Å²) in [5.74, 6) is 0.458. The standard InChI is InChI=1S/C29H19NS2/c1-29(2)16-7-3-14-5-9-18-27-23(14)25(16)26-17(29)8-4-15-6-10-19(28(27)24(15)26)30(18)22-13-21-20(32-22)11-12-31-21/h3-5,7-13,16H,6H2,1-2H3. The Bertz CT molecular complexity index is 1910. The molecular weight excluding hydrogens is 426 g/mol. The lowest BCUT2D eigenvalue weighted by Crippen LogP contribution is -2.21. The SMILES string of the molecule is CC1(C)c2ccc3c4c2c2c5c(ccc6c5c4c(n6-c4cc5sccc5s4)=CC3)C=CC21. The van der Waals surface area contributed by atoms with Crippen LogP contribution in [0.15, 0.2) is 47.9 Å². The van der Waals surface area contributed by atoms with E-state index in [0.717, 1.165) is 6.42 Å². The van der Waals surface area contributed by atoms with Crippen molar-refractivity contribution in [2.24, 2.45) is 0 Å². The number of thiophene rings is 2. The molecule has 0 spiro atoms. The molecule has 0 bridgehead atoms. The fourth-order valence-corrected chi connectivity index (χ4v) is 9.15. The lowest BCUT2D eigenvalue weighted by atomic mass is 9.74. The van der Waals surface area contributed by atoms with Crippen molar-refractivity contribution in [1.29, 1.82) is 0 Å². The van der Waals surface area contributed by atoms with E-state index in [0.29, 0.717) is 5.92 Å². The van der Waals surface area contributed by atoms with Crippen molar-refractivity contribution in [2.45, 2.75) is 31.6 Å². The first-order valence-electron chi connectivity index (χ1n) is 11.4. The van der Waals surface area contributed by atoms with Crippen molar-refractivity contribution in [1.82, 2.24) is 4.57 Å². The summed E-state index contributed by atoms with van der Waals surface area (Å²) in [7, 11) is 0. The zero-order valence-corrected chi connectivity index (χ0v) is 19.5. The Balaban J connectivity index is 1.61. The number of aromatic nitrogens is 1. The monoisotopic (exact) mass is 445 g/mol. The molecule has 1 nitrogen and oxygen atoms in total. The van der Waals surface area contributed by atoms with Gasteiger partial charge in [0.2, 0.25) is 0 Å². The Hall–Kier alpha value is -2.88. The van der Waals surface area contributed by atoms with Crippen molar-refractivity contribution in [3.05, 3.63) is 75.5 Å². The highest BCUT2D eigenvalue weighted by molar-refractivity contribution is 7.28. The predicted octanol–water partition coefficient (Wildman–Crippen LogP) is 7.67. The maximum absolute atomic E-state index is 2.56. The molecule has 9 rings (SSSR count). The minimum atomic E-state index is 0.134. The van der Waals surface area contributed by atoms with Gasteiger partial charge in [0.15, 0.2) is 0 Å². The summed E-state index contributed by atoms with van der Waals surface area (Å²) >= 11 is 3.77. The Morgan fingerprint density at radius 1 is 0.938 bits per heavy atom. The van der Waals surface area contributed by atoms with Crippen molar-refractivity contribution in [2.75, 3.05) is 0 Å². The number of hydrogen-bond donors (Lipinski definition) is 0. The average molecular weight is 446 g/mol. The molecule has 0 fully saturated rings. The van der Waals surface area contributed by atoms with Gasteiger partial charge in [-0.15, -0.1) is 22.7 Å². The third kappa shape index (κ3) is 1.61. The van der Waals surface area contributed by atoms with Gasteiger partial charge >= 0.3 is 0 Å². The summed E-state index contributed by atoms with van der Waals surface area (Å²) in [5.41, 5.74) is 7.52. The van der Waals surface area contributed by atoms with E-state index in [-0.39, 0.29) is 5.41 Å².